The van der Waals surface area contributed by atoms with Gasteiger partial charge in [0.2, 0.25) is 0 Å². The highest BCUT2D eigenvalue weighted by molar-refractivity contribution is 5.27. The summed E-state index contributed by atoms with van der Waals surface area (Å²) in [7, 11) is 0. The Kier molecular flexibility index (Phi) is 5.88. The molecule has 1 saturated carbocycles. The number of benzene rings is 1. The normalized spacial score (nSPS) is 15.6. The lowest BCUT2D eigenvalue weighted by molar-refractivity contribution is 0.161. The molecule has 1 aliphatic rings. The molecule has 0 bridgehead atoms. The molecule has 24 heavy (non-hydrogen) atoms. The maximum atomic E-state index is 8.68. The van der Waals surface area contributed by atoms with Crippen molar-refractivity contribution in [3.05, 3.63) is 47.2 Å². The van der Waals surface area contributed by atoms with E-state index in [-0.39, 0.29) is 0 Å². The van der Waals surface area contributed by atoms with Crippen LogP contribution >= 0.6 is 0 Å². The first-order valence-corrected chi connectivity index (χ1v) is 8.81. The Hall–Kier alpha value is -1.85. The van der Waals surface area contributed by atoms with E-state index in [1.54, 1.807) is 0 Å². The molecular formula is C19H26N2O3. The minimum absolute atomic E-state index is 0.433. The standard InChI is InChI=1S/C19H26N2O3/c1-14-18(21-19(24-14)16-5-3-2-4-6-16)11-12-23-17-9-7-15(8-10-17)13-20-22/h7-10,16,20,22H,2-6,11-13H2,1H3. The van der Waals surface area contributed by atoms with Gasteiger partial charge in [-0.05, 0) is 37.5 Å². The minimum Gasteiger partial charge on any atom is -0.493 e. The van der Waals surface area contributed by atoms with Gasteiger partial charge < -0.3 is 14.4 Å². The van der Waals surface area contributed by atoms with Gasteiger partial charge in [0.05, 0.1) is 12.3 Å². The van der Waals surface area contributed by atoms with Gasteiger partial charge in [-0.1, -0.05) is 31.4 Å². The summed E-state index contributed by atoms with van der Waals surface area (Å²) in [5.74, 6) is 3.16. The Bertz CT molecular complexity index is 631. The average Bonchev–Trinajstić information content (AvgIpc) is 2.99. The Morgan fingerprint density at radius 1 is 1.21 bits per heavy atom. The number of hydrogen-bond donors (Lipinski definition) is 2. The number of hydrogen-bond acceptors (Lipinski definition) is 5. The maximum absolute atomic E-state index is 8.68. The summed E-state index contributed by atoms with van der Waals surface area (Å²) in [5, 5.41) is 8.68. The number of aryl methyl sites for hydroxylation is 1. The van der Waals surface area contributed by atoms with Crippen molar-refractivity contribution >= 4 is 0 Å². The summed E-state index contributed by atoms with van der Waals surface area (Å²) in [4.78, 5) is 4.72. The molecule has 5 nitrogen and oxygen atoms in total. The van der Waals surface area contributed by atoms with Crippen molar-refractivity contribution in [2.45, 2.75) is 57.9 Å². The monoisotopic (exact) mass is 330 g/mol. The fourth-order valence-electron chi connectivity index (χ4n) is 3.27. The lowest BCUT2D eigenvalue weighted by Gasteiger charge is -2.17. The molecule has 0 aliphatic heterocycles. The van der Waals surface area contributed by atoms with Gasteiger partial charge in [-0.25, -0.2) is 10.5 Å². The lowest BCUT2D eigenvalue weighted by atomic mass is 9.89. The van der Waals surface area contributed by atoms with Gasteiger partial charge in [0, 0.05) is 18.9 Å². The van der Waals surface area contributed by atoms with E-state index < -0.39 is 0 Å². The van der Waals surface area contributed by atoms with Crippen LogP contribution in [0.15, 0.2) is 28.7 Å². The third-order valence-corrected chi connectivity index (χ3v) is 4.68. The smallest absolute Gasteiger partial charge is 0.197 e. The molecule has 0 unspecified atom stereocenters. The molecule has 0 spiro atoms. The number of aromatic nitrogens is 1. The van der Waals surface area contributed by atoms with Crippen LogP contribution in [0.3, 0.4) is 0 Å². The second kappa shape index (κ2) is 8.31. The van der Waals surface area contributed by atoms with Gasteiger partial charge in [-0.2, -0.15) is 0 Å². The van der Waals surface area contributed by atoms with Crippen LogP contribution in [0.2, 0.25) is 0 Å². The molecule has 5 heteroatoms. The topological polar surface area (TPSA) is 67.5 Å². The molecule has 130 valence electrons. The number of nitrogens with one attached hydrogen (secondary N) is 1. The Labute approximate surface area is 143 Å². The molecule has 0 atom stereocenters. The fourth-order valence-corrected chi connectivity index (χ4v) is 3.27. The third kappa shape index (κ3) is 4.36. The SMILES string of the molecule is Cc1oc(C2CCCCC2)nc1CCOc1ccc(CNO)cc1. The zero-order valence-electron chi connectivity index (χ0n) is 14.3. The summed E-state index contributed by atoms with van der Waals surface area (Å²) in [6, 6.07) is 7.69. The van der Waals surface area contributed by atoms with Crippen molar-refractivity contribution in [2.75, 3.05) is 6.61 Å². The molecule has 0 saturated heterocycles. The van der Waals surface area contributed by atoms with E-state index in [0.29, 0.717) is 19.1 Å². The second-order valence-electron chi connectivity index (χ2n) is 6.47. The van der Waals surface area contributed by atoms with Crippen molar-refractivity contribution in [1.29, 1.82) is 0 Å². The molecule has 1 aromatic heterocycles. The zero-order valence-corrected chi connectivity index (χ0v) is 14.3. The van der Waals surface area contributed by atoms with E-state index in [9.17, 15) is 0 Å². The number of rotatable bonds is 7. The summed E-state index contributed by atoms with van der Waals surface area (Å²) in [5.41, 5.74) is 4.16. The first kappa shape index (κ1) is 17.0. The first-order chi connectivity index (χ1) is 11.8. The molecule has 2 aromatic rings. The fraction of sp³-hybridized carbons (Fsp3) is 0.526. The van der Waals surface area contributed by atoms with Gasteiger partial charge in [-0.3, -0.25) is 0 Å². The quantitative estimate of drug-likeness (QED) is 0.747. The highest BCUT2D eigenvalue weighted by Gasteiger charge is 2.21. The van der Waals surface area contributed by atoms with E-state index in [4.69, 9.17) is 19.3 Å². The molecule has 1 aliphatic carbocycles. The Morgan fingerprint density at radius 3 is 2.67 bits per heavy atom. The highest BCUT2D eigenvalue weighted by atomic mass is 16.5. The highest BCUT2D eigenvalue weighted by Crippen LogP contribution is 2.33. The van der Waals surface area contributed by atoms with Crippen molar-refractivity contribution in [3.63, 3.8) is 0 Å². The Balaban J connectivity index is 1.52. The molecular weight excluding hydrogens is 304 g/mol. The number of nitrogens with zero attached hydrogens (tertiary/aromatic N) is 1. The van der Waals surface area contributed by atoms with Crippen molar-refractivity contribution in [1.82, 2.24) is 10.5 Å². The van der Waals surface area contributed by atoms with E-state index in [0.717, 1.165) is 35.1 Å². The van der Waals surface area contributed by atoms with Crippen molar-refractivity contribution in [2.24, 2.45) is 0 Å². The molecule has 0 amide bonds. The predicted molar refractivity (Wildman–Crippen MR) is 91.3 cm³/mol. The molecule has 2 N–H and O–H groups in total. The third-order valence-electron chi connectivity index (χ3n) is 4.68. The van der Waals surface area contributed by atoms with Crippen LogP contribution in [0.5, 0.6) is 5.75 Å². The van der Waals surface area contributed by atoms with Crippen LogP contribution in [0.1, 0.15) is 60.9 Å². The van der Waals surface area contributed by atoms with Crippen LogP contribution in [0, 0.1) is 6.92 Å². The summed E-state index contributed by atoms with van der Waals surface area (Å²) < 4.78 is 11.7. The molecule has 1 heterocycles. The molecule has 1 aromatic carbocycles. The van der Waals surface area contributed by atoms with E-state index >= 15 is 0 Å². The Morgan fingerprint density at radius 2 is 1.96 bits per heavy atom. The molecule has 0 radical (unpaired) electrons. The van der Waals surface area contributed by atoms with Gasteiger partial charge in [0.15, 0.2) is 5.89 Å². The molecule has 1 fully saturated rings. The predicted octanol–water partition coefficient (Wildman–Crippen LogP) is 4.13. The van der Waals surface area contributed by atoms with E-state index in [2.05, 4.69) is 5.48 Å². The number of ether oxygens (including phenoxy) is 1. The minimum atomic E-state index is 0.433. The van der Waals surface area contributed by atoms with Crippen LogP contribution in [0.25, 0.3) is 0 Å². The van der Waals surface area contributed by atoms with Crippen LogP contribution in [-0.4, -0.2) is 16.8 Å². The largest absolute Gasteiger partial charge is 0.493 e. The summed E-state index contributed by atoms with van der Waals surface area (Å²) in [6.45, 7) is 3.00. The van der Waals surface area contributed by atoms with E-state index in [1.807, 2.05) is 31.2 Å². The van der Waals surface area contributed by atoms with Crippen LogP contribution in [0.4, 0.5) is 0 Å². The molecule has 3 rings (SSSR count). The first-order valence-electron chi connectivity index (χ1n) is 8.81. The number of oxazole rings is 1. The van der Waals surface area contributed by atoms with E-state index in [1.165, 1.54) is 32.1 Å². The van der Waals surface area contributed by atoms with Crippen LogP contribution in [-0.2, 0) is 13.0 Å². The summed E-state index contributed by atoms with van der Waals surface area (Å²) in [6.07, 6.45) is 7.06. The summed E-state index contributed by atoms with van der Waals surface area (Å²) >= 11 is 0. The zero-order chi connectivity index (χ0) is 16.8. The maximum Gasteiger partial charge on any atom is 0.197 e. The average molecular weight is 330 g/mol. The van der Waals surface area contributed by atoms with Gasteiger partial charge >= 0.3 is 0 Å². The van der Waals surface area contributed by atoms with Gasteiger partial charge in [0.1, 0.15) is 11.5 Å². The van der Waals surface area contributed by atoms with Crippen LogP contribution < -0.4 is 10.2 Å². The van der Waals surface area contributed by atoms with Gasteiger partial charge in [0.25, 0.3) is 0 Å². The number of hydroxylamine groups is 1. The van der Waals surface area contributed by atoms with Crippen molar-refractivity contribution in [3.8, 4) is 5.75 Å². The van der Waals surface area contributed by atoms with Gasteiger partial charge in [-0.15, -0.1) is 0 Å². The lowest BCUT2D eigenvalue weighted by Crippen LogP contribution is -2.07. The second-order valence-corrected chi connectivity index (χ2v) is 6.47. The van der Waals surface area contributed by atoms with Crippen molar-refractivity contribution < 1.29 is 14.4 Å².